The van der Waals surface area contributed by atoms with E-state index < -0.39 is 5.91 Å². The molecule has 1 rings (SSSR count). The largest absolute Gasteiger partial charge is 0.321 e. The number of carbonyl (C=O) groups excluding carboxylic acids is 1. The van der Waals surface area contributed by atoms with E-state index in [9.17, 15) is 4.79 Å². The van der Waals surface area contributed by atoms with Crippen LogP contribution in [0.15, 0.2) is 28.6 Å². The molecule has 1 amide bonds. The van der Waals surface area contributed by atoms with E-state index in [4.69, 9.17) is 40.1 Å². The van der Waals surface area contributed by atoms with Crippen LogP contribution in [0.5, 0.6) is 0 Å². The van der Waals surface area contributed by atoms with E-state index in [0.29, 0.717) is 22.7 Å². The maximum Gasteiger partial charge on any atom is 0.260 e. The highest BCUT2D eigenvalue weighted by molar-refractivity contribution is 6.34. The molecule has 1 heterocycles. The number of nitriles is 1. The van der Waals surface area contributed by atoms with Crippen LogP contribution in [0.25, 0.3) is 0 Å². The Kier molecular flexibility index (Phi) is 6.63. The summed E-state index contributed by atoms with van der Waals surface area (Å²) in [6.07, 6.45) is 3.19. The van der Waals surface area contributed by atoms with Crippen LogP contribution >= 0.6 is 34.8 Å². The van der Waals surface area contributed by atoms with E-state index in [2.05, 4.69) is 15.3 Å². The minimum absolute atomic E-state index is 0.0564. The highest BCUT2D eigenvalue weighted by Gasteiger charge is 2.15. The molecule has 0 saturated carbocycles. The lowest BCUT2D eigenvalue weighted by atomic mass is 10.2. The number of amides is 1. The second-order valence-corrected chi connectivity index (χ2v) is 5.06. The SMILES string of the molecule is CC/C(Cl)=C(\C=C(/C)C#N)NC(=O)c1cnc(Cl)nc1Cl. The Morgan fingerprint density at radius 3 is 2.71 bits per heavy atom. The lowest BCUT2D eigenvalue weighted by Gasteiger charge is -2.09. The number of nitrogens with one attached hydrogen (secondary N) is 1. The number of rotatable bonds is 4. The molecule has 8 heteroatoms. The van der Waals surface area contributed by atoms with Crippen LogP contribution in [0.4, 0.5) is 0 Å². The van der Waals surface area contributed by atoms with E-state index in [1.807, 2.05) is 13.0 Å². The lowest BCUT2D eigenvalue weighted by molar-refractivity contribution is 0.0966. The molecule has 0 atom stereocenters. The molecule has 110 valence electrons. The molecule has 0 aliphatic carbocycles. The number of halogens is 3. The zero-order chi connectivity index (χ0) is 16.0. The Bertz CT molecular complexity index is 662. The molecule has 1 aromatic rings. The second-order valence-electron chi connectivity index (χ2n) is 3.91. The monoisotopic (exact) mass is 344 g/mol. The van der Waals surface area contributed by atoms with Crippen molar-refractivity contribution < 1.29 is 4.79 Å². The van der Waals surface area contributed by atoms with E-state index in [1.165, 1.54) is 12.3 Å². The molecule has 1 aromatic heterocycles. The predicted octanol–water partition coefficient (Wildman–Crippen LogP) is 3.84. The summed E-state index contributed by atoms with van der Waals surface area (Å²) in [6, 6.07) is 1.96. The Balaban J connectivity index is 3.11. The molecule has 0 fully saturated rings. The van der Waals surface area contributed by atoms with Gasteiger partial charge in [0.25, 0.3) is 5.91 Å². The van der Waals surface area contributed by atoms with Crippen molar-refractivity contribution in [3.8, 4) is 6.07 Å². The van der Waals surface area contributed by atoms with E-state index in [1.54, 1.807) is 6.92 Å². The average Bonchev–Trinajstić information content (AvgIpc) is 2.45. The fourth-order valence-electron chi connectivity index (χ4n) is 1.30. The second kappa shape index (κ2) is 7.99. The molecule has 5 nitrogen and oxygen atoms in total. The first-order valence-corrected chi connectivity index (χ1v) is 6.98. The molecule has 0 unspecified atom stereocenters. The van der Waals surface area contributed by atoms with Gasteiger partial charge in [-0.2, -0.15) is 5.26 Å². The van der Waals surface area contributed by atoms with Gasteiger partial charge in [-0.15, -0.1) is 0 Å². The van der Waals surface area contributed by atoms with Crippen molar-refractivity contribution in [1.29, 1.82) is 5.26 Å². The van der Waals surface area contributed by atoms with Gasteiger partial charge in [-0.05, 0) is 31.0 Å². The third-order valence-corrected chi connectivity index (χ3v) is 3.29. The van der Waals surface area contributed by atoms with Crippen LogP contribution in [0, 0.1) is 11.3 Å². The van der Waals surface area contributed by atoms with E-state index >= 15 is 0 Å². The maximum atomic E-state index is 12.2. The normalized spacial score (nSPS) is 12.5. The summed E-state index contributed by atoms with van der Waals surface area (Å²) in [7, 11) is 0. The van der Waals surface area contributed by atoms with Gasteiger partial charge >= 0.3 is 0 Å². The highest BCUT2D eigenvalue weighted by Crippen LogP contribution is 2.17. The summed E-state index contributed by atoms with van der Waals surface area (Å²) in [5.74, 6) is -0.541. The maximum absolute atomic E-state index is 12.2. The molecular formula is C13H11Cl3N4O. The van der Waals surface area contributed by atoms with Gasteiger partial charge in [-0.1, -0.05) is 30.1 Å². The van der Waals surface area contributed by atoms with Gasteiger partial charge in [-0.25, -0.2) is 9.97 Å². The summed E-state index contributed by atoms with van der Waals surface area (Å²) in [4.78, 5) is 19.5. The molecule has 0 aliphatic rings. The Labute approximate surface area is 137 Å². The van der Waals surface area contributed by atoms with Crippen LogP contribution in [-0.2, 0) is 0 Å². The Hall–Kier alpha value is -1.61. The molecule has 0 aliphatic heterocycles. The van der Waals surface area contributed by atoms with Crippen molar-refractivity contribution in [2.75, 3.05) is 0 Å². The lowest BCUT2D eigenvalue weighted by Crippen LogP contribution is -2.23. The third-order valence-electron chi connectivity index (χ3n) is 2.35. The van der Waals surface area contributed by atoms with Gasteiger partial charge in [0, 0.05) is 16.8 Å². The van der Waals surface area contributed by atoms with Gasteiger partial charge in [0.15, 0.2) is 0 Å². The van der Waals surface area contributed by atoms with Gasteiger partial charge in [0.1, 0.15) is 5.15 Å². The summed E-state index contributed by atoms with van der Waals surface area (Å²) in [5, 5.41) is 11.7. The number of allylic oxidation sites excluding steroid dienone is 3. The molecular weight excluding hydrogens is 335 g/mol. The van der Waals surface area contributed by atoms with Crippen molar-refractivity contribution >= 4 is 40.7 Å². The highest BCUT2D eigenvalue weighted by atomic mass is 35.5. The first kappa shape index (κ1) is 17.4. The van der Waals surface area contributed by atoms with Crippen molar-refractivity contribution in [1.82, 2.24) is 15.3 Å². The van der Waals surface area contributed by atoms with Gasteiger partial charge in [0.2, 0.25) is 5.28 Å². The predicted molar refractivity (Wildman–Crippen MR) is 82.1 cm³/mol. The minimum Gasteiger partial charge on any atom is -0.321 e. The first-order valence-electron chi connectivity index (χ1n) is 5.85. The molecule has 1 N–H and O–H groups in total. The Morgan fingerprint density at radius 1 is 1.52 bits per heavy atom. The van der Waals surface area contributed by atoms with Crippen molar-refractivity contribution in [3.05, 3.63) is 44.6 Å². The van der Waals surface area contributed by atoms with Crippen LogP contribution in [-0.4, -0.2) is 15.9 Å². The number of nitrogens with zero attached hydrogens (tertiary/aromatic N) is 3. The quantitative estimate of drug-likeness (QED) is 0.389. The molecule has 21 heavy (non-hydrogen) atoms. The van der Waals surface area contributed by atoms with Crippen LogP contribution < -0.4 is 5.32 Å². The fourth-order valence-corrected chi connectivity index (χ4v) is 1.80. The van der Waals surface area contributed by atoms with Crippen molar-refractivity contribution in [3.63, 3.8) is 0 Å². The Morgan fingerprint density at radius 2 is 2.19 bits per heavy atom. The molecule has 0 bridgehead atoms. The summed E-state index contributed by atoms with van der Waals surface area (Å²) in [5.41, 5.74) is 0.784. The van der Waals surface area contributed by atoms with Gasteiger partial charge in [-0.3, -0.25) is 4.79 Å². The van der Waals surface area contributed by atoms with Gasteiger partial charge < -0.3 is 5.32 Å². The van der Waals surface area contributed by atoms with E-state index in [-0.39, 0.29) is 16.0 Å². The number of hydrogen-bond acceptors (Lipinski definition) is 4. The smallest absolute Gasteiger partial charge is 0.260 e. The molecule has 0 spiro atoms. The van der Waals surface area contributed by atoms with Crippen molar-refractivity contribution in [2.45, 2.75) is 20.3 Å². The first-order chi connectivity index (χ1) is 9.88. The van der Waals surface area contributed by atoms with Crippen LogP contribution in [0.1, 0.15) is 30.6 Å². The summed E-state index contributed by atoms with van der Waals surface area (Å²) >= 11 is 17.5. The van der Waals surface area contributed by atoms with Crippen LogP contribution in [0.3, 0.4) is 0 Å². The summed E-state index contributed by atoms with van der Waals surface area (Å²) < 4.78 is 0. The number of hydrogen-bond donors (Lipinski definition) is 1. The van der Waals surface area contributed by atoms with Crippen LogP contribution in [0.2, 0.25) is 10.4 Å². The average molecular weight is 346 g/mol. The van der Waals surface area contributed by atoms with Gasteiger partial charge in [0.05, 0.1) is 17.3 Å². The minimum atomic E-state index is -0.541. The molecule has 0 saturated heterocycles. The topological polar surface area (TPSA) is 78.7 Å². The zero-order valence-electron chi connectivity index (χ0n) is 11.2. The van der Waals surface area contributed by atoms with Crippen molar-refractivity contribution in [2.24, 2.45) is 0 Å². The number of aromatic nitrogens is 2. The summed E-state index contributed by atoms with van der Waals surface area (Å²) in [6.45, 7) is 3.42. The fraction of sp³-hybridized carbons (Fsp3) is 0.231. The zero-order valence-corrected chi connectivity index (χ0v) is 13.5. The molecule has 0 radical (unpaired) electrons. The molecule has 0 aromatic carbocycles. The third kappa shape index (κ3) is 5.01. The van der Waals surface area contributed by atoms with E-state index in [0.717, 1.165) is 0 Å². The standard InChI is InChI=1S/C13H11Cl3N4O/c1-3-9(14)10(4-7(2)5-17)19-12(21)8-6-18-13(16)20-11(8)15/h4,6H,3H2,1-2H3,(H,19,21)/b7-4+,10-9-. The number of carbonyl (C=O) groups is 1.